The van der Waals surface area contributed by atoms with E-state index in [1.807, 2.05) is 13.8 Å². The fourth-order valence-corrected chi connectivity index (χ4v) is 1.87. The predicted molar refractivity (Wildman–Crippen MR) is 53.7 cm³/mol. The van der Waals surface area contributed by atoms with E-state index in [9.17, 15) is 13.2 Å². The number of hydrogen-bond acceptors (Lipinski definition) is 2. The van der Waals surface area contributed by atoms with Gasteiger partial charge in [-0.3, -0.25) is 4.90 Å². The fraction of sp³-hybridized carbons (Fsp3) is 1.00. The fourth-order valence-electron chi connectivity index (χ4n) is 1.87. The van der Waals surface area contributed by atoms with Gasteiger partial charge in [0.15, 0.2) is 0 Å². The molecular weight excluding hydrogens is 205 g/mol. The molecule has 5 heteroatoms. The minimum Gasteiger partial charge on any atom is -0.312 e. The highest BCUT2D eigenvalue weighted by molar-refractivity contribution is 4.79. The third-order valence-electron chi connectivity index (χ3n) is 2.72. The zero-order valence-electron chi connectivity index (χ0n) is 9.27. The van der Waals surface area contributed by atoms with Crippen LogP contribution in [0.3, 0.4) is 0 Å². The van der Waals surface area contributed by atoms with Crippen LogP contribution in [-0.4, -0.2) is 43.3 Å². The number of halogens is 3. The molecule has 0 aromatic rings. The Kier molecular flexibility index (Phi) is 4.40. The molecule has 0 aliphatic carbocycles. The monoisotopic (exact) mass is 224 g/mol. The molecule has 1 heterocycles. The third-order valence-corrected chi connectivity index (χ3v) is 2.72. The molecule has 0 bridgehead atoms. The van der Waals surface area contributed by atoms with E-state index in [0.29, 0.717) is 19.0 Å². The van der Waals surface area contributed by atoms with Gasteiger partial charge in [-0.05, 0) is 25.4 Å². The Balaban J connectivity index is 2.49. The van der Waals surface area contributed by atoms with Gasteiger partial charge in [-0.2, -0.15) is 13.2 Å². The van der Waals surface area contributed by atoms with Crippen molar-refractivity contribution in [3.8, 4) is 0 Å². The SMILES string of the molecule is CC(C)C1CN(CC(F)(F)F)CCCN1. The predicted octanol–water partition coefficient (Wildman–Crippen LogP) is 1.87. The summed E-state index contributed by atoms with van der Waals surface area (Å²) in [5, 5.41) is 3.29. The zero-order chi connectivity index (χ0) is 11.5. The quantitative estimate of drug-likeness (QED) is 0.770. The van der Waals surface area contributed by atoms with Gasteiger partial charge in [-0.25, -0.2) is 0 Å². The lowest BCUT2D eigenvalue weighted by Crippen LogP contribution is -2.44. The van der Waals surface area contributed by atoms with Crippen LogP contribution in [0.1, 0.15) is 20.3 Å². The summed E-state index contributed by atoms with van der Waals surface area (Å²) in [4.78, 5) is 1.50. The van der Waals surface area contributed by atoms with Gasteiger partial charge in [0.2, 0.25) is 0 Å². The van der Waals surface area contributed by atoms with Gasteiger partial charge in [-0.1, -0.05) is 13.8 Å². The van der Waals surface area contributed by atoms with E-state index in [4.69, 9.17) is 0 Å². The number of hydrogen-bond donors (Lipinski definition) is 1. The molecule has 1 fully saturated rings. The molecular formula is C10H19F3N2. The van der Waals surface area contributed by atoms with Gasteiger partial charge in [0, 0.05) is 12.6 Å². The number of rotatable bonds is 2. The van der Waals surface area contributed by atoms with Gasteiger partial charge in [-0.15, -0.1) is 0 Å². The first kappa shape index (κ1) is 12.8. The van der Waals surface area contributed by atoms with E-state index < -0.39 is 12.7 Å². The second-order valence-electron chi connectivity index (χ2n) is 4.51. The molecule has 0 aromatic heterocycles. The van der Waals surface area contributed by atoms with E-state index >= 15 is 0 Å². The molecule has 1 unspecified atom stereocenters. The first-order valence-electron chi connectivity index (χ1n) is 5.41. The van der Waals surface area contributed by atoms with Crippen molar-refractivity contribution in [3.63, 3.8) is 0 Å². The Morgan fingerprint density at radius 3 is 2.60 bits per heavy atom. The zero-order valence-corrected chi connectivity index (χ0v) is 9.27. The van der Waals surface area contributed by atoms with Crippen LogP contribution in [0.25, 0.3) is 0 Å². The summed E-state index contributed by atoms with van der Waals surface area (Å²) < 4.78 is 36.7. The maximum Gasteiger partial charge on any atom is 0.401 e. The van der Waals surface area contributed by atoms with Crippen molar-refractivity contribution in [2.24, 2.45) is 5.92 Å². The summed E-state index contributed by atoms with van der Waals surface area (Å²) in [6.45, 7) is 5.14. The lowest BCUT2D eigenvalue weighted by Gasteiger charge is -2.27. The standard InChI is InChI=1S/C10H19F3N2/c1-8(2)9-6-15(5-3-4-14-9)7-10(11,12)13/h8-9,14H,3-7H2,1-2H3. The topological polar surface area (TPSA) is 15.3 Å². The van der Waals surface area contributed by atoms with Gasteiger partial charge in [0.25, 0.3) is 0 Å². The summed E-state index contributed by atoms with van der Waals surface area (Å²) in [5.41, 5.74) is 0. The second-order valence-corrected chi connectivity index (χ2v) is 4.51. The van der Waals surface area contributed by atoms with Crippen molar-refractivity contribution in [2.75, 3.05) is 26.2 Å². The Hall–Kier alpha value is -0.290. The van der Waals surface area contributed by atoms with Gasteiger partial charge in [0.05, 0.1) is 6.54 Å². The van der Waals surface area contributed by atoms with Crippen LogP contribution in [0.15, 0.2) is 0 Å². The summed E-state index contributed by atoms with van der Waals surface area (Å²) in [6.07, 6.45) is -3.29. The molecule has 0 aromatic carbocycles. The summed E-state index contributed by atoms with van der Waals surface area (Å²) in [6, 6.07) is 0.176. The lowest BCUT2D eigenvalue weighted by molar-refractivity contribution is -0.146. The van der Waals surface area contributed by atoms with E-state index in [1.54, 1.807) is 0 Å². The molecule has 0 radical (unpaired) electrons. The van der Waals surface area contributed by atoms with Crippen molar-refractivity contribution < 1.29 is 13.2 Å². The molecule has 0 amide bonds. The van der Waals surface area contributed by atoms with Gasteiger partial charge >= 0.3 is 6.18 Å². The smallest absolute Gasteiger partial charge is 0.312 e. The molecule has 0 spiro atoms. The van der Waals surface area contributed by atoms with Crippen LogP contribution in [0.4, 0.5) is 13.2 Å². The van der Waals surface area contributed by atoms with Crippen molar-refractivity contribution in [2.45, 2.75) is 32.5 Å². The molecule has 1 rings (SSSR count). The second kappa shape index (κ2) is 5.16. The molecule has 0 saturated carbocycles. The van der Waals surface area contributed by atoms with Crippen LogP contribution in [-0.2, 0) is 0 Å². The minimum absolute atomic E-state index is 0.176. The van der Waals surface area contributed by atoms with E-state index in [1.165, 1.54) is 4.90 Å². The van der Waals surface area contributed by atoms with Crippen LogP contribution in [0.2, 0.25) is 0 Å². The highest BCUT2D eigenvalue weighted by Gasteiger charge is 2.32. The number of nitrogens with zero attached hydrogens (tertiary/aromatic N) is 1. The number of nitrogens with one attached hydrogen (secondary N) is 1. The normalized spacial score (nSPS) is 25.6. The highest BCUT2D eigenvalue weighted by atomic mass is 19.4. The molecule has 2 nitrogen and oxygen atoms in total. The molecule has 90 valence electrons. The van der Waals surface area contributed by atoms with E-state index in [0.717, 1.165) is 13.0 Å². The first-order valence-corrected chi connectivity index (χ1v) is 5.41. The Bertz CT molecular complexity index is 192. The van der Waals surface area contributed by atoms with Crippen molar-refractivity contribution in [3.05, 3.63) is 0 Å². The van der Waals surface area contributed by atoms with Crippen molar-refractivity contribution >= 4 is 0 Å². The summed E-state index contributed by atoms with van der Waals surface area (Å²) in [7, 11) is 0. The Labute approximate surface area is 88.8 Å². The summed E-state index contributed by atoms with van der Waals surface area (Å²) >= 11 is 0. The van der Waals surface area contributed by atoms with Crippen LogP contribution < -0.4 is 5.32 Å². The van der Waals surface area contributed by atoms with E-state index in [-0.39, 0.29) is 6.04 Å². The lowest BCUT2D eigenvalue weighted by atomic mass is 10.0. The Morgan fingerprint density at radius 2 is 2.07 bits per heavy atom. The van der Waals surface area contributed by atoms with E-state index in [2.05, 4.69) is 5.32 Å². The largest absolute Gasteiger partial charge is 0.401 e. The minimum atomic E-state index is -4.08. The van der Waals surface area contributed by atoms with Crippen molar-refractivity contribution in [1.82, 2.24) is 10.2 Å². The molecule has 15 heavy (non-hydrogen) atoms. The Morgan fingerprint density at radius 1 is 1.40 bits per heavy atom. The average Bonchev–Trinajstić information content (AvgIpc) is 2.26. The van der Waals surface area contributed by atoms with Gasteiger partial charge in [0.1, 0.15) is 0 Å². The van der Waals surface area contributed by atoms with Gasteiger partial charge < -0.3 is 5.32 Å². The average molecular weight is 224 g/mol. The third kappa shape index (κ3) is 4.84. The van der Waals surface area contributed by atoms with Crippen LogP contribution in [0, 0.1) is 5.92 Å². The van der Waals surface area contributed by atoms with Crippen molar-refractivity contribution in [1.29, 1.82) is 0 Å². The number of alkyl halides is 3. The highest BCUT2D eigenvalue weighted by Crippen LogP contribution is 2.18. The van der Waals surface area contributed by atoms with Crippen LogP contribution >= 0.6 is 0 Å². The maximum absolute atomic E-state index is 12.2. The molecule has 1 saturated heterocycles. The summed E-state index contributed by atoms with van der Waals surface area (Å²) in [5.74, 6) is 0.374. The molecule has 1 aliphatic rings. The maximum atomic E-state index is 12.2. The molecule has 1 N–H and O–H groups in total. The van der Waals surface area contributed by atoms with Crippen LogP contribution in [0.5, 0.6) is 0 Å². The first-order chi connectivity index (χ1) is 6.88. The molecule has 1 aliphatic heterocycles. The molecule has 1 atom stereocenters.